The number of hydrogen-bond acceptors (Lipinski definition) is 4. The smallest absolute Gasteiger partial charge is 0.244 e. The van der Waals surface area contributed by atoms with Crippen LogP contribution in [0.2, 0.25) is 5.02 Å². The van der Waals surface area contributed by atoms with E-state index < -0.39 is 16.1 Å². The molecule has 0 saturated carbocycles. The average Bonchev–Trinajstić information content (AvgIpc) is 2.72. The van der Waals surface area contributed by atoms with Crippen molar-refractivity contribution < 1.29 is 13.2 Å². The van der Waals surface area contributed by atoms with Gasteiger partial charge in [0.1, 0.15) is 6.04 Å². The Bertz CT molecular complexity index is 927. The Morgan fingerprint density at radius 3 is 1.97 bits per heavy atom. The minimum Gasteiger partial charge on any atom is -0.372 e. The summed E-state index contributed by atoms with van der Waals surface area (Å²) < 4.78 is 26.1. The highest BCUT2D eigenvalue weighted by Crippen LogP contribution is 2.24. The maximum absolute atomic E-state index is 12.9. The summed E-state index contributed by atoms with van der Waals surface area (Å²) in [6.07, 6.45) is 1.44. The number of anilines is 2. The van der Waals surface area contributed by atoms with Crippen LogP contribution in [0.1, 0.15) is 32.8 Å². The van der Waals surface area contributed by atoms with E-state index in [1.54, 1.807) is 31.2 Å². The van der Waals surface area contributed by atoms with Crippen LogP contribution in [0.25, 0.3) is 0 Å². The minimum atomic E-state index is -3.67. The number of benzene rings is 2. The van der Waals surface area contributed by atoms with Crippen molar-refractivity contribution in [3.8, 4) is 0 Å². The number of amides is 1. The fourth-order valence-corrected chi connectivity index (χ4v) is 4.71. The lowest BCUT2D eigenvalue weighted by atomic mass is 10.1. The average molecular weight is 452 g/mol. The summed E-state index contributed by atoms with van der Waals surface area (Å²) in [6.45, 7) is 8.18. The topological polar surface area (TPSA) is 69.7 Å². The molecular weight excluding hydrogens is 422 g/mol. The first kappa shape index (κ1) is 24.0. The Morgan fingerprint density at radius 2 is 1.50 bits per heavy atom. The van der Waals surface area contributed by atoms with Gasteiger partial charge in [-0.2, -0.15) is 0 Å². The van der Waals surface area contributed by atoms with Crippen molar-refractivity contribution in [3.63, 3.8) is 0 Å². The molecule has 2 aromatic carbocycles. The molecule has 0 spiro atoms. The molecule has 0 saturated heterocycles. The van der Waals surface area contributed by atoms with Crippen molar-refractivity contribution in [2.24, 2.45) is 0 Å². The van der Waals surface area contributed by atoms with Crippen molar-refractivity contribution in [3.05, 3.63) is 59.1 Å². The first-order chi connectivity index (χ1) is 14.2. The lowest BCUT2D eigenvalue weighted by Crippen LogP contribution is -2.49. The van der Waals surface area contributed by atoms with Gasteiger partial charge < -0.3 is 10.2 Å². The SMILES string of the molecule is CC[C@H](C(=O)NCc1ccc(N(CC)CC)cc1)N(c1ccc(Cl)cc1)S(C)(=O)=O. The molecule has 0 heterocycles. The number of halogens is 1. The maximum Gasteiger partial charge on any atom is 0.244 e. The monoisotopic (exact) mass is 451 g/mol. The molecule has 1 N–H and O–H groups in total. The molecule has 0 bridgehead atoms. The zero-order valence-electron chi connectivity index (χ0n) is 17.9. The molecule has 0 aliphatic heterocycles. The van der Waals surface area contributed by atoms with E-state index in [1.165, 1.54) is 0 Å². The van der Waals surface area contributed by atoms with Gasteiger partial charge in [-0.1, -0.05) is 30.7 Å². The zero-order valence-corrected chi connectivity index (χ0v) is 19.5. The van der Waals surface area contributed by atoms with Gasteiger partial charge in [-0.05, 0) is 62.2 Å². The third kappa shape index (κ3) is 6.12. The van der Waals surface area contributed by atoms with Crippen LogP contribution < -0.4 is 14.5 Å². The zero-order chi connectivity index (χ0) is 22.3. The summed E-state index contributed by atoms with van der Waals surface area (Å²) in [7, 11) is -3.67. The molecule has 2 rings (SSSR count). The van der Waals surface area contributed by atoms with Gasteiger partial charge in [0.05, 0.1) is 11.9 Å². The van der Waals surface area contributed by atoms with E-state index >= 15 is 0 Å². The highest BCUT2D eigenvalue weighted by atomic mass is 35.5. The Labute approximate surface area is 184 Å². The fourth-order valence-electron chi connectivity index (χ4n) is 3.37. The molecule has 0 fully saturated rings. The quantitative estimate of drug-likeness (QED) is 0.591. The molecule has 0 aliphatic rings. The maximum atomic E-state index is 12.9. The largest absolute Gasteiger partial charge is 0.372 e. The lowest BCUT2D eigenvalue weighted by Gasteiger charge is -2.30. The van der Waals surface area contributed by atoms with Crippen LogP contribution in [-0.4, -0.2) is 39.7 Å². The second kappa shape index (κ2) is 10.7. The van der Waals surface area contributed by atoms with Crippen molar-refractivity contribution in [2.45, 2.75) is 39.8 Å². The number of sulfonamides is 1. The van der Waals surface area contributed by atoms with Crippen LogP contribution in [0, 0.1) is 0 Å². The molecule has 0 aliphatic carbocycles. The van der Waals surface area contributed by atoms with Crippen LogP contribution in [0.3, 0.4) is 0 Å². The number of nitrogens with zero attached hydrogens (tertiary/aromatic N) is 2. The van der Waals surface area contributed by atoms with Crippen LogP contribution in [-0.2, 0) is 21.4 Å². The first-order valence-electron chi connectivity index (χ1n) is 10.1. The Hall–Kier alpha value is -2.25. The lowest BCUT2D eigenvalue weighted by molar-refractivity contribution is -0.122. The van der Waals surface area contributed by atoms with Crippen molar-refractivity contribution in [1.82, 2.24) is 5.32 Å². The summed E-state index contributed by atoms with van der Waals surface area (Å²) in [5, 5.41) is 3.37. The highest BCUT2D eigenvalue weighted by molar-refractivity contribution is 7.92. The Morgan fingerprint density at radius 1 is 0.967 bits per heavy atom. The predicted molar refractivity (Wildman–Crippen MR) is 125 cm³/mol. The van der Waals surface area contributed by atoms with Gasteiger partial charge in [0.2, 0.25) is 15.9 Å². The Kier molecular flexibility index (Phi) is 8.55. The number of hydrogen-bond donors (Lipinski definition) is 1. The second-order valence-corrected chi connectivity index (χ2v) is 9.31. The third-order valence-electron chi connectivity index (χ3n) is 4.94. The van der Waals surface area contributed by atoms with E-state index in [1.807, 2.05) is 24.3 Å². The molecule has 0 radical (unpaired) electrons. The van der Waals surface area contributed by atoms with Crippen molar-refractivity contribution in [2.75, 3.05) is 28.6 Å². The number of carbonyl (C=O) groups excluding carboxylic acids is 1. The summed E-state index contributed by atoms with van der Waals surface area (Å²) in [5.41, 5.74) is 2.49. The van der Waals surface area contributed by atoms with E-state index in [-0.39, 0.29) is 5.91 Å². The minimum absolute atomic E-state index is 0.325. The molecule has 8 heteroatoms. The van der Waals surface area contributed by atoms with Gasteiger partial charge in [0, 0.05) is 30.3 Å². The summed E-state index contributed by atoms with van der Waals surface area (Å²) in [6, 6.07) is 13.6. The van der Waals surface area contributed by atoms with E-state index in [0.717, 1.165) is 34.9 Å². The molecule has 1 amide bonds. The number of rotatable bonds is 10. The molecule has 0 unspecified atom stereocenters. The van der Waals surface area contributed by atoms with Crippen molar-refractivity contribution >= 4 is 38.9 Å². The van der Waals surface area contributed by atoms with E-state index in [2.05, 4.69) is 24.1 Å². The summed E-state index contributed by atoms with van der Waals surface area (Å²) in [4.78, 5) is 15.1. The van der Waals surface area contributed by atoms with Gasteiger partial charge >= 0.3 is 0 Å². The molecular formula is C22H30ClN3O3S. The third-order valence-corrected chi connectivity index (χ3v) is 6.37. The van der Waals surface area contributed by atoms with Crippen LogP contribution in [0.15, 0.2) is 48.5 Å². The molecule has 2 aromatic rings. The van der Waals surface area contributed by atoms with E-state index in [9.17, 15) is 13.2 Å². The molecule has 6 nitrogen and oxygen atoms in total. The van der Waals surface area contributed by atoms with Crippen molar-refractivity contribution in [1.29, 1.82) is 0 Å². The highest BCUT2D eigenvalue weighted by Gasteiger charge is 2.31. The van der Waals surface area contributed by atoms with Crippen LogP contribution >= 0.6 is 11.6 Å². The molecule has 30 heavy (non-hydrogen) atoms. The van der Waals surface area contributed by atoms with Crippen LogP contribution in [0.4, 0.5) is 11.4 Å². The Balaban J connectivity index is 2.15. The van der Waals surface area contributed by atoms with E-state index in [4.69, 9.17) is 11.6 Å². The molecule has 1 atom stereocenters. The standard InChI is InChI=1S/C22H30ClN3O3S/c1-5-21(26(30(4,28)29)20-14-10-18(23)11-15-20)22(27)24-16-17-8-12-19(13-9-17)25(6-2)7-3/h8-15,21H,5-7,16H2,1-4H3,(H,24,27)/t21-/m1/s1. The predicted octanol–water partition coefficient (Wildman–Crippen LogP) is 4.05. The first-order valence-corrected chi connectivity index (χ1v) is 12.3. The van der Waals surface area contributed by atoms with Gasteiger partial charge in [0.25, 0.3) is 0 Å². The van der Waals surface area contributed by atoms with Gasteiger partial charge in [0.15, 0.2) is 0 Å². The number of nitrogens with one attached hydrogen (secondary N) is 1. The number of carbonyl (C=O) groups is 1. The van der Waals surface area contributed by atoms with Crippen LogP contribution in [0.5, 0.6) is 0 Å². The van der Waals surface area contributed by atoms with Gasteiger partial charge in [-0.3, -0.25) is 9.10 Å². The van der Waals surface area contributed by atoms with E-state index in [0.29, 0.717) is 23.7 Å². The van der Waals surface area contributed by atoms with Gasteiger partial charge in [-0.15, -0.1) is 0 Å². The van der Waals surface area contributed by atoms with Gasteiger partial charge in [-0.25, -0.2) is 8.42 Å². The molecule has 0 aromatic heterocycles. The molecule has 164 valence electrons. The summed E-state index contributed by atoms with van der Waals surface area (Å²) >= 11 is 5.92. The summed E-state index contributed by atoms with van der Waals surface area (Å²) in [5.74, 6) is -0.342. The fraction of sp³-hybridized carbons (Fsp3) is 0.409. The second-order valence-electron chi connectivity index (χ2n) is 7.02. The normalized spacial score (nSPS) is 12.3.